The van der Waals surface area contributed by atoms with E-state index in [1.165, 1.54) is 0 Å². The van der Waals surface area contributed by atoms with E-state index in [-0.39, 0.29) is 11.8 Å². The van der Waals surface area contributed by atoms with E-state index >= 15 is 0 Å². The first-order valence-corrected chi connectivity index (χ1v) is 7.34. The van der Waals surface area contributed by atoms with Crippen molar-refractivity contribution in [1.29, 1.82) is 0 Å². The summed E-state index contributed by atoms with van der Waals surface area (Å²) in [5, 5.41) is 6.06. The Morgan fingerprint density at radius 2 is 2.22 bits per heavy atom. The van der Waals surface area contributed by atoms with Crippen LogP contribution in [0, 0.1) is 0 Å². The number of carbonyl (C=O) groups excluding carboxylic acids is 1. The monoisotopic (exact) mass is 313 g/mol. The molecule has 4 rings (SSSR count). The standard InChI is InChI=1S/C15H15N5O3/c1-20-10-7-8(11-18-19-14(22)23-11)3-4-9(10)17-13(20)15(12(16)21)5-2-6-15/h3-4,7H,2,5-6H2,1H3,(H2,16,21)(H,19,22). The van der Waals surface area contributed by atoms with Gasteiger partial charge in [-0.15, -0.1) is 5.10 Å². The van der Waals surface area contributed by atoms with Gasteiger partial charge in [0.1, 0.15) is 11.2 Å². The molecule has 1 amide bonds. The molecule has 3 aromatic rings. The largest absolute Gasteiger partial charge is 0.434 e. The lowest BCUT2D eigenvalue weighted by Crippen LogP contribution is -2.48. The lowest BCUT2D eigenvalue weighted by Gasteiger charge is -2.37. The number of amides is 1. The summed E-state index contributed by atoms with van der Waals surface area (Å²) in [5.41, 5.74) is 7.20. The van der Waals surface area contributed by atoms with Gasteiger partial charge >= 0.3 is 5.76 Å². The first-order valence-electron chi connectivity index (χ1n) is 7.34. The van der Waals surface area contributed by atoms with Crippen LogP contribution >= 0.6 is 0 Å². The first-order chi connectivity index (χ1) is 11.0. The van der Waals surface area contributed by atoms with Crippen LogP contribution in [0.5, 0.6) is 0 Å². The number of aromatic amines is 1. The van der Waals surface area contributed by atoms with E-state index in [9.17, 15) is 9.59 Å². The quantitative estimate of drug-likeness (QED) is 0.742. The minimum absolute atomic E-state index is 0.216. The highest BCUT2D eigenvalue weighted by Crippen LogP contribution is 2.43. The van der Waals surface area contributed by atoms with Gasteiger partial charge in [0.05, 0.1) is 11.0 Å². The Bertz CT molecular complexity index is 977. The number of aryl methyl sites for hydroxylation is 1. The topological polar surface area (TPSA) is 120 Å². The zero-order valence-electron chi connectivity index (χ0n) is 12.5. The number of primary amides is 1. The fourth-order valence-corrected chi connectivity index (χ4v) is 3.21. The van der Waals surface area contributed by atoms with Gasteiger partial charge in [0.25, 0.3) is 0 Å². The highest BCUT2D eigenvalue weighted by molar-refractivity contribution is 5.89. The summed E-state index contributed by atoms with van der Waals surface area (Å²) >= 11 is 0. The molecule has 2 aromatic heterocycles. The van der Waals surface area contributed by atoms with Crippen molar-refractivity contribution in [2.24, 2.45) is 12.8 Å². The van der Waals surface area contributed by atoms with Crippen LogP contribution in [0.15, 0.2) is 27.4 Å². The van der Waals surface area contributed by atoms with E-state index in [1.807, 2.05) is 23.7 Å². The zero-order chi connectivity index (χ0) is 16.2. The van der Waals surface area contributed by atoms with Crippen molar-refractivity contribution in [1.82, 2.24) is 19.7 Å². The van der Waals surface area contributed by atoms with E-state index in [2.05, 4.69) is 15.2 Å². The minimum Gasteiger partial charge on any atom is -0.388 e. The van der Waals surface area contributed by atoms with Gasteiger partial charge in [0.15, 0.2) is 0 Å². The minimum atomic E-state index is -0.674. The number of aromatic nitrogens is 4. The number of benzene rings is 1. The van der Waals surface area contributed by atoms with E-state index in [4.69, 9.17) is 10.2 Å². The third kappa shape index (κ3) is 1.84. The van der Waals surface area contributed by atoms with Crippen LogP contribution in [0.2, 0.25) is 0 Å². The fourth-order valence-electron chi connectivity index (χ4n) is 3.21. The van der Waals surface area contributed by atoms with Gasteiger partial charge in [-0.2, -0.15) is 0 Å². The van der Waals surface area contributed by atoms with Crippen molar-refractivity contribution in [2.75, 3.05) is 0 Å². The molecule has 0 spiro atoms. The molecule has 0 unspecified atom stereocenters. The highest BCUT2D eigenvalue weighted by Gasteiger charge is 2.47. The summed E-state index contributed by atoms with van der Waals surface area (Å²) in [6, 6.07) is 5.42. The van der Waals surface area contributed by atoms with E-state index in [1.54, 1.807) is 6.07 Å². The molecule has 1 aliphatic carbocycles. The Labute approximate surface area is 130 Å². The van der Waals surface area contributed by atoms with Crippen molar-refractivity contribution in [3.05, 3.63) is 34.6 Å². The van der Waals surface area contributed by atoms with Crippen LogP contribution in [0.25, 0.3) is 22.5 Å². The van der Waals surface area contributed by atoms with Gasteiger partial charge in [0.2, 0.25) is 11.8 Å². The van der Waals surface area contributed by atoms with Gasteiger partial charge in [0, 0.05) is 12.6 Å². The number of nitrogens with two attached hydrogens (primary N) is 1. The molecule has 3 N–H and O–H groups in total. The molecule has 1 saturated carbocycles. The van der Waals surface area contributed by atoms with Gasteiger partial charge < -0.3 is 14.7 Å². The van der Waals surface area contributed by atoms with E-state index < -0.39 is 11.2 Å². The average Bonchev–Trinajstić information content (AvgIpc) is 3.03. The van der Waals surface area contributed by atoms with Crippen LogP contribution in [0.1, 0.15) is 25.1 Å². The van der Waals surface area contributed by atoms with Crippen molar-refractivity contribution in [3.63, 3.8) is 0 Å². The van der Waals surface area contributed by atoms with Crippen LogP contribution in [-0.4, -0.2) is 25.7 Å². The zero-order valence-corrected chi connectivity index (χ0v) is 12.5. The number of rotatable bonds is 3. The lowest BCUT2D eigenvalue weighted by atomic mass is 9.67. The van der Waals surface area contributed by atoms with Crippen LogP contribution in [-0.2, 0) is 17.3 Å². The molecular formula is C15H15N5O3. The Hall–Kier alpha value is -2.90. The van der Waals surface area contributed by atoms with Gasteiger partial charge in [-0.1, -0.05) is 6.42 Å². The van der Waals surface area contributed by atoms with Gasteiger partial charge in [-0.25, -0.2) is 14.9 Å². The predicted octanol–water partition coefficient (Wildman–Crippen LogP) is 0.824. The molecule has 0 aliphatic heterocycles. The number of nitrogens with one attached hydrogen (secondary N) is 1. The smallest absolute Gasteiger partial charge is 0.388 e. The molecule has 23 heavy (non-hydrogen) atoms. The summed E-state index contributed by atoms with van der Waals surface area (Å²) in [6.07, 6.45) is 2.41. The molecule has 8 heteroatoms. The van der Waals surface area contributed by atoms with Gasteiger partial charge in [-0.05, 0) is 31.0 Å². The number of H-pyrrole nitrogens is 1. The highest BCUT2D eigenvalue weighted by atomic mass is 16.4. The van der Waals surface area contributed by atoms with E-state index in [0.717, 1.165) is 30.3 Å². The summed E-state index contributed by atoms with van der Waals surface area (Å²) in [4.78, 5) is 27.6. The fraction of sp³-hybridized carbons (Fsp3) is 0.333. The molecule has 118 valence electrons. The molecule has 1 fully saturated rings. The number of hydrogen-bond acceptors (Lipinski definition) is 5. The SMILES string of the molecule is Cn1c(C2(C(N)=O)CCC2)nc2ccc(-c3n[nH]c(=O)o3)cc21. The second-order valence-electron chi connectivity index (χ2n) is 5.92. The van der Waals surface area contributed by atoms with Crippen LogP contribution in [0.3, 0.4) is 0 Å². The first kappa shape index (κ1) is 13.7. The Balaban J connectivity index is 1.88. The molecule has 1 aromatic carbocycles. The number of hydrogen-bond donors (Lipinski definition) is 2. The summed E-state index contributed by atoms with van der Waals surface area (Å²) in [6.45, 7) is 0. The maximum Gasteiger partial charge on any atom is 0.434 e. The van der Waals surface area contributed by atoms with Crippen LogP contribution < -0.4 is 11.5 Å². The Kier molecular flexibility index (Phi) is 2.72. The van der Waals surface area contributed by atoms with Crippen molar-refractivity contribution >= 4 is 16.9 Å². The molecule has 0 atom stereocenters. The molecule has 1 aliphatic rings. The lowest BCUT2D eigenvalue weighted by molar-refractivity contribution is -0.127. The molecule has 0 saturated heterocycles. The average molecular weight is 313 g/mol. The number of nitrogens with zero attached hydrogens (tertiary/aromatic N) is 3. The van der Waals surface area contributed by atoms with Crippen LogP contribution in [0.4, 0.5) is 0 Å². The predicted molar refractivity (Wildman–Crippen MR) is 81.6 cm³/mol. The Morgan fingerprint density at radius 3 is 2.78 bits per heavy atom. The third-order valence-electron chi connectivity index (χ3n) is 4.67. The van der Waals surface area contributed by atoms with Crippen molar-refractivity contribution < 1.29 is 9.21 Å². The molecule has 0 radical (unpaired) electrons. The normalized spacial score (nSPS) is 16.4. The summed E-state index contributed by atoms with van der Waals surface area (Å²) < 4.78 is 6.86. The van der Waals surface area contributed by atoms with E-state index in [0.29, 0.717) is 11.4 Å². The number of carbonyl (C=O) groups is 1. The van der Waals surface area contributed by atoms with Crippen molar-refractivity contribution in [3.8, 4) is 11.5 Å². The molecule has 8 nitrogen and oxygen atoms in total. The molecule has 0 bridgehead atoms. The number of imidazole rings is 1. The number of fused-ring (bicyclic) bond motifs is 1. The van der Waals surface area contributed by atoms with Gasteiger partial charge in [-0.3, -0.25) is 4.79 Å². The third-order valence-corrected chi connectivity index (χ3v) is 4.67. The summed E-state index contributed by atoms with van der Waals surface area (Å²) in [5.74, 6) is -0.0339. The maximum absolute atomic E-state index is 11.9. The molecular weight excluding hydrogens is 298 g/mol. The molecule has 2 heterocycles. The second kappa shape index (κ2) is 4.55. The Morgan fingerprint density at radius 1 is 1.43 bits per heavy atom. The van der Waals surface area contributed by atoms with Crippen molar-refractivity contribution in [2.45, 2.75) is 24.7 Å². The summed E-state index contributed by atoms with van der Waals surface area (Å²) in [7, 11) is 1.86. The second-order valence-corrected chi connectivity index (χ2v) is 5.92. The maximum atomic E-state index is 11.9.